The molecule has 0 saturated heterocycles. The van der Waals surface area contributed by atoms with Crippen LogP contribution in [0.25, 0.3) is 0 Å². The topological polar surface area (TPSA) is 54.9 Å². The zero-order chi connectivity index (χ0) is 14.9. The molecule has 0 aliphatic rings. The predicted octanol–water partition coefficient (Wildman–Crippen LogP) is 2.17. The summed E-state index contributed by atoms with van der Waals surface area (Å²) in [6, 6.07) is 0. The fourth-order valence-corrected chi connectivity index (χ4v) is 1.76. The van der Waals surface area contributed by atoms with Gasteiger partial charge in [-0.3, -0.25) is 4.99 Å². The van der Waals surface area contributed by atoms with Gasteiger partial charge in [0.25, 0.3) is 0 Å². The fourth-order valence-electron chi connectivity index (χ4n) is 1.76. The number of nitrogens with one attached hydrogen (secondary N) is 2. The van der Waals surface area contributed by atoms with Gasteiger partial charge in [-0.2, -0.15) is 0 Å². The van der Waals surface area contributed by atoms with E-state index in [1.165, 1.54) is 25.7 Å². The second-order valence-corrected chi connectivity index (χ2v) is 4.80. The minimum Gasteiger partial charge on any atom is -0.382 e. The van der Waals surface area contributed by atoms with E-state index in [9.17, 15) is 0 Å². The van der Waals surface area contributed by atoms with Gasteiger partial charge in [0.05, 0.1) is 13.2 Å². The van der Waals surface area contributed by atoms with Crippen LogP contribution in [0.1, 0.15) is 45.4 Å². The van der Waals surface area contributed by atoms with E-state index < -0.39 is 0 Å². The zero-order valence-corrected chi connectivity index (χ0v) is 13.5. The highest BCUT2D eigenvalue weighted by Gasteiger charge is 1.96. The Bertz CT molecular complexity index is 223. The van der Waals surface area contributed by atoms with Crippen LogP contribution in [0.5, 0.6) is 0 Å². The van der Waals surface area contributed by atoms with Crippen molar-refractivity contribution in [2.45, 2.75) is 45.4 Å². The lowest BCUT2D eigenvalue weighted by Gasteiger charge is -2.11. The number of guanidine groups is 1. The van der Waals surface area contributed by atoms with Crippen molar-refractivity contribution in [2.24, 2.45) is 4.99 Å². The third-order valence-corrected chi connectivity index (χ3v) is 2.99. The van der Waals surface area contributed by atoms with Crippen molar-refractivity contribution in [3.8, 4) is 0 Å². The van der Waals surface area contributed by atoms with Crippen molar-refractivity contribution in [1.82, 2.24) is 10.6 Å². The van der Waals surface area contributed by atoms with E-state index in [4.69, 9.17) is 9.47 Å². The molecule has 0 atom stereocenters. The van der Waals surface area contributed by atoms with E-state index in [-0.39, 0.29) is 0 Å². The summed E-state index contributed by atoms with van der Waals surface area (Å²) in [6.07, 6.45) is 7.24. The third kappa shape index (κ3) is 13.6. The number of hydrogen-bond acceptors (Lipinski definition) is 3. The average Bonchev–Trinajstić information content (AvgIpc) is 2.47. The zero-order valence-electron chi connectivity index (χ0n) is 13.5. The van der Waals surface area contributed by atoms with Crippen molar-refractivity contribution in [3.63, 3.8) is 0 Å². The molecule has 5 nitrogen and oxygen atoms in total. The Kier molecular flexibility index (Phi) is 15.6. The molecule has 0 amide bonds. The van der Waals surface area contributed by atoms with Crippen LogP contribution in [-0.2, 0) is 9.47 Å². The number of methoxy groups -OCH3 is 1. The minimum atomic E-state index is 0.673. The number of aliphatic imine (C=N–C) groups is 1. The molecular weight excluding hydrogens is 254 g/mol. The van der Waals surface area contributed by atoms with Crippen molar-refractivity contribution in [2.75, 3.05) is 47.1 Å². The number of nitrogens with zero attached hydrogens (tertiary/aromatic N) is 1. The predicted molar refractivity (Wildman–Crippen MR) is 85.4 cm³/mol. The molecule has 2 N–H and O–H groups in total. The largest absolute Gasteiger partial charge is 0.382 e. The van der Waals surface area contributed by atoms with E-state index in [2.05, 4.69) is 22.5 Å². The van der Waals surface area contributed by atoms with Crippen LogP contribution in [0, 0.1) is 0 Å². The van der Waals surface area contributed by atoms with Crippen LogP contribution in [-0.4, -0.2) is 53.0 Å². The number of rotatable bonds is 13. The molecule has 0 aromatic rings. The molecule has 0 saturated carbocycles. The summed E-state index contributed by atoms with van der Waals surface area (Å²) in [4.78, 5) is 4.21. The summed E-state index contributed by atoms with van der Waals surface area (Å²) in [6.45, 7) is 6.32. The van der Waals surface area contributed by atoms with Gasteiger partial charge >= 0.3 is 0 Å². The summed E-state index contributed by atoms with van der Waals surface area (Å²) < 4.78 is 10.3. The van der Waals surface area contributed by atoms with E-state index in [1.54, 1.807) is 7.11 Å². The average molecular weight is 287 g/mol. The first kappa shape index (κ1) is 19.2. The van der Waals surface area contributed by atoms with Crippen LogP contribution < -0.4 is 10.6 Å². The Balaban J connectivity index is 3.33. The maximum Gasteiger partial charge on any atom is 0.190 e. The summed E-state index contributed by atoms with van der Waals surface area (Å²) >= 11 is 0. The molecule has 0 bridgehead atoms. The standard InChI is InChI=1S/C15H33N3O2/c1-4-5-6-7-10-17-15(16-2)18-11-8-9-12-20-14-13-19-3/h4-14H2,1-3H3,(H2,16,17,18). The molecule has 20 heavy (non-hydrogen) atoms. The maximum absolute atomic E-state index is 5.41. The van der Waals surface area contributed by atoms with Gasteiger partial charge in [0.1, 0.15) is 0 Å². The summed E-state index contributed by atoms with van der Waals surface area (Å²) in [5, 5.41) is 6.66. The minimum absolute atomic E-state index is 0.673. The van der Waals surface area contributed by atoms with Gasteiger partial charge in [0.2, 0.25) is 0 Å². The molecule has 0 aromatic carbocycles. The Morgan fingerprint density at radius 2 is 1.60 bits per heavy atom. The van der Waals surface area contributed by atoms with Crippen LogP contribution >= 0.6 is 0 Å². The molecule has 0 radical (unpaired) electrons. The Morgan fingerprint density at radius 1 is 0.900 bits per heavy atom. The number of hydrogen-bond donors (Lipinski definition) is 2. The van der Waals surface area contributed by atoms with Gasteiger partial charge in [0.15, 0.2) is 5.96 Å². The number of ether oxygens (including phenoxy) is 2. The normalized spacial score (nSPS) is 11.7. The first-order chi connectivity index (χ1) is 9.85. The molecule has 0 aromatic heterocycles. The molecule has 0 aliphatic carbocycles. The molecule has 0 spiro atoms. The van der Waals surface area contributed by atoms with Gasteiger partial charge < -0.3 is 20.1 Å². The first-order valence-electron chi connectivity index (χ1n) is 7.86. The third-order valence-electron chi connectivity index (χ3n) is 2.99. The molecule has 120 valence electrons. The highest BCUT2D eigenvalue weighted by atomic mass is 16.5. The van der Waals surface area contributed by atoms with Crippen LogP contribution in [0.2, 0.25) is 0 Å². The van der Waals surface area contributed by atoms with E-state index in [0.717, 1.165) is 38.5 Å². The van der Waals surface area contributed by atoms with Crippen LogP contribution in [0.15, 0.2) is 4.99 Å². The van der Waals surface area contributed by atoms with Gasteiger partial charge in [-0.25, -0.2) is 0 Å². The van der Waals surface area contributed by atoms with Crippen LogP contribution in [0.4, 0.5) is 0 Å². The Hall–Kier alpha value is -0.810. The van der Waals surface area contributed by atoms with Gasteiger partial charge in [-0.15, -0.1) is 0 Å². The van der Waals surface area contributed by atoms with Crippen molar-refractivity contribution >= 4 is 5.96 Å². The number of unbranched alkanes of at least 4 members (excludes halogenated alkanes) is 4. The summed E-state index contributed by atoms with van der Waals surface area (Å²) in [7, 11) is 3.50. The summed E-state index contributed by atoms with van der Waals surface area (Å²) in [5.74, 6) is 0.904. The van der Waals surface area contributed by atoms with Crippen molar-refractivity contribution in [3.05, 3.63) is 0 Å². The van der Waals surface area contributed by atoms with Crippen molar-refractivity contribution < 1.29 is 9.47 Å². The first-order valence-corrected chi connectivity index (χ1v) is 7.86. The maximum atomic E-state index is 5.41. The second-order valence-electron chi connectivity index (χ2n) is 4.80. The Morgan fingerprint density at radius 3 is 2.20 bits per heavy atom. The molecule has 0 heterocycles. The molecule has 0 unspecified atom stereocenters. The highest BCUT2D eigenvalue weighted by Crippen LogP contribution is 1.96. The molecular formula is C15H33N3O2. The molecule has 5 heteroatoms. The Labute approximate surface area is 124 Å². The second kappa shape index (κ2) is 16.2. The lowest BCUT2D eigenvalue weighted by Crippen LogP contribution is -2.38. The van der Waals surface area contributed by atoms with E-state index in [1.807, 2.05) is 7.05 Å². The van der Waals surface area contributed by atoms with Gasteiger partial charge in [-0.1, -0.05) is 26.2 Å². The SMILES string of the molecule is CCCCCCNC(=NC)NCCCCOCCOC. The lowest BCUT2D eigenvalue weighted by atomic mass is 10.2. The molecule has 0 fully saturated rings. The smallest absolute Gasteiger partial charge is 0.190 e. The quantitative estimate of drug-likeness (QED) is 0.310. The van der Waals surface area contributed by atoms with Gasteiger partial charge in [0, 0.05) is 33.9 Å². The molecule has 0 aliphatic heterocycles. The summed E-state index contributed by atoms with van der Waals surface area (Å²) in [5.41, 5.74) is 0. The van der Waals surface area contributed by atoms with E-state index in [0.29, 0.717) is 13.2 Å². The van der Waals surface area contributed by atoms with E-state index >= 15 is 0 Å². The van der Waals surface area contributed by atoms with Crippen molar-refractivity contribution in [1.29, 1.82) is 0 Å². The van der Waals surface area contributed by atoms with Gasteiger partial charge in [-0.05, 0) is 19.3 Å². The fraction of sp³-hybridized carbons (Fsp3) is 0.933. The highest BCUT2D eigenvalue weighted by molar-refractivity contribution is 5.79. The van der Waals surface area contributed by atoms with Crippen LogP contribution in [0.3, 0.4) is 0 Å². The monoisotopic (exact) mass is 287 g/mol. The lowest BCUT2D eigenvalue weighted by molar-refractivity contribution is 0.0689. The molecule has 0 rings (SSSR count).